The maximum absolute atomic E-state index is 3.60. The van der Waals surface area contributed by atoms with Gasteiger partial charge in [0, 0.05) is 18.6 Å². The fraction of sp³-hybridized carbons (Fsp3) is 1.00. The normalized spacial score (nSPS) is 37.2. The van der Waals surface area contributed by atoms with Crippen molar-refractivity contribution in [2.45, 2.75) is 38.8 Å². The predicted octanol–water partition coefficient (Wildman–Crippen LogP) is 1.08. The Hall–Kier alpha value is -0.0800. The summed E-state index contributed by atoms with van der Waals surface area (Å²) in [5.74, 6) is 0.986. The van der Waals surface area contributed by atoms with Crippen LogP contribution in [0, 0.1) is 5.92 Å². The molecule has 2 atom stereocenters. The summed E-state index contributed by atoms with van der Waals surface area (Å²) in [7, 11) is 0. The highest BCUT2D eigenvalue weighted by Crippen LogP contribution is 2.25. The van der Waals surface area contributed by atoms with Crippen LogP contribution in [0.4, 0.5) is 0 Å². The molecule has 2 fully saturated rings. The smallest absolute Gasteiger partial charge is 0.0224 e. The highest BCUT2D eigenvalue weighted by molar-refractivity contribution is 4.91. The molecule has 0 unspecified atom stereocenters. The number of hydrogen-bond donors (Lipinski definition) is 1. The molecular weight excluding hydrogens is 148 g/mol. The molecule has 0 aromatic heterocycles. The lowest BCUT2D eigenvalue weighted by Gasteiger charge is -2.37. The van der Waals surface area contributed by atoms with Crippen LogP contribution in [0.2, 0.25) is 0 Å². The van der Waals surface area contributed by atoms with E-state index in [-0.39, 0.29) is 0 Å². The van der Waals surface area contributed by atoms with Gasteiger partial charge in [-0.1, -0.05) is 0 Å². The van der Waals surface area contributed by atoms with Crippen molar-refractivity contribution in [3.63, 3.8) is 0 Å². The van der Waals surface area contributed by atoms with E-state index >= 15 is 0 Å². The van der Waals surface area contributed by atoms with Crippen molar-refractivity contribution < 1.29 is 0 Å². The number of nitrogens with zero attached hydrogens (tertiary/aromatic N) is 1. The first-order chi connectivity index (χ1) is 5.77. The molecule has 2 nitrogen and oxygen atoms in total. The Kier molecular flexibility index (Phi) is 2.37. The second-order valence-electron chi connectivity index (χ2n) is 4.49. The molecule has 2 heteroatoms. The second-order valence-corrected chi connectivity index (χ2v) is 4.49. The van der Waals surface area contributed by atoms with E-state index in [1.165, 1.54) is 32.5 Å². The molecule has 2 rings (SSSR count). The van der Waals surface area contributed by atoms with Gasteiger partial charge in [-0.15, -0.1) is 0 Å². The third-order valence-corrected chi connectivity index (χ3v) is 3.44. The molecule has 0 aliphatic carbocycles. The highest BCUT2D eigenvalue weighted by atomic mass is 15.2. The van der Waals surface area contributed by atoms with Crippen LogP contribution >= 0.6 is 0 Å². The summed E-state index contributed by atoms with van der Waals surface area (Å²) in [6.07, 6.45) is 2.83. The van der Waals surface area contributed by atoms with E-state index in [1.807, 2.05) is 0 Å². The Labute approximate surface area is 75.3 Å². The van der Waals surface area contributed by atoms with E-state index in [2.05, 4.69) is 24.1 Å². The Morgan fingerprint density at radius 2 is 2.17 bits per heavy atom. The van der Waals surface area contributed by atoms with Crippen molar-refractivity contribution in [3.8, 4) is 0 Å². The highest BCUT2D eigenvalue weighted by Gasteiger charge is 2.32. The number of hydrogen-bond acceptors (Lipinski definition) is 2. The zero-order valence-corrected chi connectivity index (χ0v) is 8.21. The molecule has 0 aromatic rings. The SMILES string of the molecule is CC(C)N1CC[C@@H]2CCN[C@@H]2C1. The fourth-order valence-corrected chi connectivity index (χ4v) is 2.53. The monoisotopic (exact) mass is 168 g/mol. The van der Waals surface area contributed by atoms with Crippen molar-refractivity contribution in [1.29, 1.82) is 0 Å². The average molecular weight is 168 g/mol. The molecule has 0 saturated carbocycles. The van der Waals surface area contributed by atoms with E-state index in [0.717, 1.165) is 18.0 Å². The first-order valence-electron chi connectivity index (χ1n) is 5.25. The molecule has 70 valence electrons. The molecule has 2 aliphatic heterocycles. The van der Waals surface area contributed by atoms with Crippen molar-refractivity contribution in [2.24, 2.45) is 5.92 Å². The Morgan fingerprint density at radius 1 is 1.33 bits per heavy atom. The molecular formula is C10H20N2. The van der Waals surface area contributed by atoms with Crippen LogP contribution in [0.25, 0.3) is 0 Å². The Bertz CT molecular complexity index is 156. The zero-order chi connectivity index (χ0) is 8.55. The summed E-state index contributed by atoms with van der Waals surface area (Å²) in [6.45, 7) is 8.45. The van der Waals surface area contributed by atoms with Gasteiger partial charge in [0.15, 0.2) is 0 Å². The minimum atomic E-state index is 0.730. The van der Waals surface area contributed by atoms with Crippen LogP contribution in [-0.4, -0.2) is 36.6 Å². The molecule has 2 heterocycles. The number of piperidine rings is 1. The van der Waals surface area contributed by atoms with Gasteiger partial charge in [-0.25, -0.2) is 0 Å². The number of nitrogens with one attached hydrogen (secondary N) is 1. The molecule has 0 radical (unpaired) electrons. The van der Waals surface area contributed by atoms with Crippen molar-refractivity contribution >= 4 is 0 Å². The predicted molar refractivity (Wildman–Crippen MR) is 51.2 cm³/mol. The van der Waals surface area contributed by atoms with Crippen molar-refractivity contribution in [1.82, 2.24) is 10.2 Å². The van der Waals surface area contributed by atoms with Gasteiger partial charge in [0.05, 0.1) is 0 Å². The fourth-order valence-electron chi connectivity index (χ4n) is 2.53. The summed E-state index contributed by atoms with van der Waals surface area (Å²) in [5.41, 5.74) is 0. The van der Waals surface area contributed by atoms with Gasteiger partial charge < -0.3 is 5.32 Å². The van der Waals surface area contributed by atoms with Crippen LogP contribution in [-0.2, 0) is 0 Å². The van der Waals surface area contributed by atoms with Gasteiger partial charge in [0.25, 0.3) is 0 Å². The molecule has 0 amide bonds. The van der Waals surface area contributed by atoms with E-state index in [0.29, 0.717) is 0 Å². The summed E-state index contributed by atoms with van der Waals surface area (Å²) in [4.78, 5) is 2.60. The summed E-state index contributed by atoms with van der Waals surface area (Å²) >= 11 is 0. The van der Waals surface area contributed by atoms with Gasteiger partial charge in [-0.2, -0.15) is 0 Å². The summed E-state index contributed by atoms with van der Waals surface area (Å²) in [6, 6.07) is 1.54. The van der Waals surface area contributed by atoms with Crippen LogP contribution in [0.15, 0.2) is 0 Å². The molecule has 1 N–H and O–H groups in total. The lowest BCUT2D eigenvalue weighted by atomic mass is 9.92. The Morgan fingerprint density at radius 3 is 2.92 bits per heavy atom. The maximum Gasteiger partial charge on any atom is 0.0224 e. The van der Waals surface area contributed by atoms with Gasteiger partial charge in [0.2, 0.25) is 0 Å². The zero-order valence-electron chi connectivity index (χ0n) is 8.21. The van der Waals surface area contributed by atoms with Crippen LogP contribution in [0.3, 0.4) is 0 Å². The third-order valence-electron chi connectivity index (χ3n) is 3.44. The van der Waals surface area contributed by atoms with Gasteiger partial charge in [-0.3, -0.25) is 4.90 Å². The standard InChI is InChI=1S/C10H20N2/c1-8(2)12-6-4-9-3-5-11-10(9)7-12/h8-11H,3-7H2,1-2H3/t9-,10+/m0/s1. The average Bonchev–Trinajstić information content (AvgIpc) is 2.49. The molecule has 0 bridgehead atoms. The summed E-state index contributed by atoms with van der Waals surface area (Å²) < 4.78 is 0. The van der Waals surface area contributed by atoms with Crippen LogP contribution in [0.5, 0.6) is 0 Å². The van der Waals surface area contributed by atoms with Crippen LogP contribution in [0.1, 0.15) is 26.7 Å². The van der Waals surface area contributed by atoms with Crippen LogP contribution < -0.4 is 5.32 Å². The van der Waals surface area contributed by atoms with Gasteiger partial charge in [-0.05, 0) is 45.7 Å². The first kappa shape index (κ1) is 8.52. The number of rotatable bonds is 1. The van der Waals surface area contributed by atoms with Crippen molar-refractivity contribution in [3.05, 3.63) is 0 Å². The maximum atomic E-state index is 3.60. The van der Waals surface area contributed by atoms with E-state index < -0.39 is 0 Å². The van der Waals surface area contributed by atoms with E-state index in [4.69, 9.17) is 0 Å². The minimum Gasteiger partial charge on any atom is -0.312 e. The van der Waals surface area contributed by atoms with Gasteiger partial charge >= 0.3 is 0 Å². The lowest BCUT2D eigenvalue weighted by Crippen LogP contribution is -2.48. The molecule has 0 aromatic carbocycles. The quantitative estimate of drug-likeness (QED) is 0.630. The molecule has 12 heavy (non-hydrogen) atoms. The molecule has 0 spiro atoms. The van der Waals surface area contributed by atoms with Crippen molar-refractivity contribution in [2.75, 3.05) is 19.6 Å². The van der Waals surface area contributed by atoms with Gasteiger partial charge in [0.1, 0.15) is 0 Å². The summed E-state index contributed by atoms with van der Waals surface area (Å²) in [5, 5.41) is 3.60. The van der Waals surface area contributed by atoms with E-state index in [1.54, 1.807) is 0 Å². The number of likely N-dealkylation sites (tertiary alicyclic amines) is 1. The Balaban J connectivity index is 1.92. The lowest BCUT2D eigenvalue weighted by molar-refractivity contribution is 0.134. The number of fused-ring (bicyclic) bond motifs is 1. The first-order valence-corrected chi connectivity index (χ1v) is 5.25. The molecule has 2 aliphatic rings. The second kappa shape index (κ2) is 3.35. The topological polar surface area (TPSA) is 15.3 Å². The third kappa shape index (κ3) is 1.50. The minimum absolute atomic E-state index is 0.730. The largest absolute Gasteiger partial charge is 0.312 e. The van der Waals surface area contributed by atoms with E-state index in [9.17, 15) is 0 Å². The molecule has 2 saturated heterocycles.